The number of hydrogen-bond acceptors (Lipinski definition) is 5. The molecule has 25 heavy (non-hydrogen) atoms. The zero-order valence-corrected chi connectivity index (χ0v) is 15.5. The van der Waals surface area contributed by atoms with E-state index < -0.39 is 0 Å². The van der Waals surface area contributed by atoms with Crippen LogP contribution in [0.5, 0.6) is 0 Å². The molecule has 0 spiro atoms. The van der Waals surface area contributed by atoms with Crippen LogP contribution in [-0.4, -0.2) is 67.8 Å². The third-order valence-electron chi connectivity index (χ3n) is 4.08. The van der Waals surface area contributed by atoms with Crippen LogP contribution in [0.3, 0.4) is 0 Å². The number of furan rings is 1. The van der Waals surface area contributed by atoms with Crippen molar-refractivity contribution in [1.29, 1.82) is 0 Å². The van der Waals surface area contributed by atoms with Crippen LogP contribution < -0.4 is 5.32 Å². The first-order chi connectivity index (χ1) is 12.1. The first-order valence-corrected chi connectivity index (χ1v) is 8.80. The second-order valence-corrected chi connectivity index (χ2v) is 6.43. The van der Waals surface area contributed by atoms with Gasteiger partial charge in [-0.15, -0.1) is 0 Å². The number of aromatic nitrogens is 1. The summed E-state index contributed by atoms with van der Waals surface area (Å²) in [5, 5.41) is 2.69. The van der Waals surface area contributed by atoms with E-state index in [4.69, 9.17) is 13.9 Å². The number of nitrogens with zero attached hydrogens (tertiary/aromatic N) is 2. The van der Waals surface area contributed by atoms with Gasteiger partial charge in [0.2, 0.25) is 5.91 Å². The van der Waals surface area contributed by atoms with Crippen LogP contribution in [0.15, 0.2) is 21.2 Å². The van der Waals surface area contributed by atoms with E-state index in [9.17, 15) is 9.59 Å². The first kappa shape index (κ1) is 18.0. The number of halogens is 1. The van der Waals surface area contributed by atoms with Gasteiger partial charge in [-0.2, -0.15) is 0 Å². The Hall–Kier alpha value is -1.84. The molecule has 9 heteroatoms. The Bertz CT molecular complexity index is 763. The Balaban J connectivity index is 1.70. The highest BCUT2D eigenvalue weighted by Gasteiger charge is 2.21. The molecule has 1 N–H and O–H groups in total. The summed E-state index contributed by atoms with van der Waals surface area (Å²) in [5.41, 5.74) is 1.84. The summed E-state index contributed by atoms with van der Waals surface area (Å²) < 4.78 is 18.3. The predicted molar refractivity (Wildman–Crippen MR) is 93.5 cm³/mol. The van der Waals surface area contributed by atoms with Crippen molar-refractivity contribution in [1.82, 2.24) is 14.8 Å². The number of carbonyl (C=O) groups excluding carboxylic acids is 2. The molecule has 0 radical (unpaired) electrons. The number of fused-ring (bicyclic) bond motifs is 1. The minimum absolute atomic E-state index is 0.0423. The highest BCUT2D eigenvalue weighted by Crippen LogP contribution is 2.27. The molecule has 0 bridgehead atoms. The fourth-order valence-corrected chi connectivity index (χ4v) is 3.19. The summed E-state index contributed by atoms with van der Waals surface area (Å²) in [6.45, 7) is 3.10. The van der Waals surface area contributed by atoms with E-state index in [-0.39, 0.29) is 18.4 Å². The molecule has 0 atom stereocenters. The zero-order chi connectivity index (χ0) is 17.8. The predicted octanol–water partition coefficient (Wildman–Crippen LogP) is 1.23. The van der Waals surface area contributed by atoms with E-state index >= 15 is 0 Å². The van der Waals surface area contributed by atoms with Crippen LogP contribution in [0.2, 0.25) is 0 Å². The molecule has 1 saturated heterocycles. The van der Waals surface area contributed by atoms with Gasteiger partial charge in [-0.1, -0.05) is 0 Å². The van der Waals surface area contributed by atoms with Gasteiger partial charge in [-0.3, -0.25) is 9.59 Å². The number of hydrogen-bond donors (Lipinski definition) is 1. The number of nitrogens with one attached hydrogen (secondary N) is 1. The lowest BCUT2D eigenvalue weighted by atomic mass is 10.3. The van der Waals surface area contributed by atoms with Gasteiger partial charge < -0.3 is 28.7 Å². The molecular formula is C16H20BrN3O5. The maximum Gasteiger partial charge on any atom is 0.268 e. The van der Waals surface area contributed by atoms with E-state index in [1.54, 1.807) is 24.1 Å². The second kappa shape index (κ2) is 8.03. The van der Waals surface area contributed by atoms with Crippen molar-refractivity contribution >= 4 is 38.8 Å². The average molecular weight is 414 g/mol. The summed E-state index contributed by atoms with van der Waals surface area (Å²) >= 11 is 3.29. The summed E-state index contributed by atoms with van der Waals surface area (Å²) in [6.07, 6.45) is 0. The molecule has 3 heterocycles. The van der Waals surface area contributed by atoms with Gasteiger partial charge in [0, 0.05) is 38.9 Å². The van der Waals surface area contributed by atoms with Crippen molar-refractivity contribution in [2.24, 2.45) is 0 Å². The quantitative estimate of drug-likeness (QED) is 0.769. The number of ether oxygens (including phenoxy) is 2. The first-order valence-electron chi connectivity index (χ1n) is 8.01. The van der Waals surface area contributed by atoms with Crippen molar-refractivity contribution in [2.75, 3.05) is 46.6 Å². The summed E-state index contributed by atoms with van der Waals surface area (Å²) in [4.78, 5) is 26.4. The fourth-order valence-electron chi connectivity index (χ4n) is 2.79. The minimum atomic E-state index is -0.319. The molecular weight excluding hydrogens is 394 g/mol. The van der Waals surface area contributed by atoms with Crippen molar-refractivity contribution in [3.05, 3.63) is 22.5 Å². The zero-order valence-electron chi connectivity index (χ0n) is 13.9. The highest BCUT2D eigenvalue weighted by atomic mass is 79.9. The van der Waals surface area contributed by atoms with Gasteiger partial charge in [0.25, 0.3) is 5.91 Å². The van der Waals surface area contributed by atoms with Crippen molar-refractivity contribution in [2.45, 2.75) is 6.54 Å². The summed E-state index contributed by atoms with van der Waals surface area (Å²) in [7, 11) is 1.60. The van der Waals surface area contributed by atoms with E-state index in [1.165, 1.54) is 0 Å². The van der Waals surface area contributed by atoms with Gasteiger partial charge in [0.05, 0.1) is 31.9 Å². The lowest BCUT2D eigenvalue weighted by Crippen LogP contribution is -2.45. The van der Waals surface area contributed by atoms with Crippen LogP contribution in [0.4, 0.5) is 0 Å². The molecule has 0 saturated carbocycles. The molecule has 2 amide bonds. The fraction of sp³-hybridized carbons (Fsp3) is 0.500. The molecule has 2 aromatic heterocycles. The van der Waals surface area contributed by atoms with Crippen LogP contribution in [0, 0.1) is 0 Å². The number of carbonyl (C=O) groups is 2. The van der Waals surface area contributed by atoms with Crippen molar-refractivity contribution in [3.63, 3.8) is 0 Å². The molecule has 136 valence electrons. The van der Waals surface area contributed by atoms with Crippen LogP contribution in [-0.2, 0) is 20.8 Å². The molecule has 1 aliphatic rings. The molecule has 1 fully saturated rings. The Morgan fingerprint density at radius 2 is 2.08 bits per heavy atom. The lowest BCUT2D eigenvalue weighted by Gasteiger charge is -2.26. The van der Waals surface area contributed by atoms with Gasteiger partial charge >= 0.3 is 0 Å². The third-order valence-corrected chi connectivity index (χ3v) is 4.47. The Morgan fingerprint density at radius 3 is 2.80 bits per heavy atom. The molecule has 0 unspecified atom stereocenters. The summed E-state index contributed by atoms with van der Waals surface area (Å²) in [6, 6.07) is 3.48. The third kappa shape index (κ3) is 4.05. The number of amides is 2. The lowest BCUT2D eigenvalue weighted by molar-refractivity contribution is -0.134. The van der Waals surface area contributed by atoms with Crippen LogP contribution in [0.25, 0.3) is 11.1 Å². The van der Waals surface area contributed by atoms with E-state index in [2.05, 4.69) is 21.2 Å². The SMILES string of the molecule is COCCn1c(C(=O)NCC(=O)N2CCOCC2)cc2oc(Br)cc21. The van der Waals surface area contributed by atoms with E-state index in [0.29, 0.717) is 55.4 Å². The largest absolute Gasteiger partial charge is 0.448 e. The second-order valence-electron chi connectivity index (χ2n) is 5.65. The maximum absolute atomic E-state index is 12.5. The maximum atomic E-state index is 12.5. The molecule has 8 nitrogen and oxygen atoms in total. The monoisotopic (exact) mass is 413 g/mol. The van der Waals surface area contributed by atoms with Crippen molar-refractivity contribution < 1.29 is 23.5 Å². The Labute approximate surface area is 153 Å². The van der Waals surface area contributed by atoms with Gasteiger partial charge in [0.1, 0.15) is 5.69 Å². The van der Waals surface area contributed by atoms with Crippen LogP contribution >= 0.6 is 15.9 Å². The number of rotatable bonds is 6. The minimum Gasteiger partial charge on any atom is -0.448 e. The molecule has 2 aromatic rings. The normalized spacial score (nSPS) is 14.9. The Morgan fingerprint density at radius 1 is 1.32 bits per heavy atom. The van der Waals surface area contributed by atoms with Gasteiger partial charge in [0.15, 0.2) is 10.3 Å². The van der Waals surface area contributed by atoms with Gasteiger partial charge in [-0.05, 0) is 15.9 Å². The topological polar surface area (TPSA) is 85.9 Å². The smallest absolute Gasteiger partial charge is 0.268 e. The Kier molecular flexibility index (Phi) is 5.77. The van der Waals surface area contributed by atoms with E-state index in [1.807, 2.05) is 4.57 Å². The van der Waals surface area contributed by atoms with Crippen molar-refractivity contribution in [3.8, 4) is 0 Å². The van der Waals surface area contributed by atoms with E-state index in [0.717, 1.165) is 5.52 Å². The number of methoxy groups -OCH3 is 1. The molecule has 1 aliphatic heterocycles. The van der Waals surface area contributed by atoms with Gasteiger partial charge in [-0.25, -0.2) is 0 Å². The molecule has 3 rings (SSSR count). The number of morpholine rings is 1. The standard InChI is InChI=1S/C16H20BrN3O5/c1-23-5-4-20-11-9-14(17)25-13(11)8-12(20)16(22)18-10-15(21)19-2-6-24-7-3-19/h8-9H,2-7,10H2,1H3,(H,18,22). The highest BCUT2D eigenvalue weighted by molar-refractivity contribution is 9.10. The molecule has 0 aromatic carbocycles. The average Bonchev–Trinajstić information content (AvgIpc) is 3.14. The van der Waals surface area contributed by atoms with Crippen LogP contribution in [0.1, 0.15) is 10.5 Å². The summed E-state index contributed by atoms with van der Waals surface area (Å²) in [5.74, 6) is -0.432. The molecule has 0 aliphatic carbocycles.